The number of nitrogens with one attached hydrogen (secondary N) is 2. The Balaban J connectivity index is 0.00000364. The maximum Gasteiger partial charge on any atom is 0.230 e. The molecule has 2 N–H and O–H groups in total. The molecule has 0 unspecified atom stereocenters. The van der Waals surface area contributed by atoms with Gasteiger partial charge in [0.25, 0.3) is 0 Å². The van der Waals surface area contributed by atoms with Crippen LogP contribution in [-0.2, 0) is 11.2 Å². The van der Waals surface area contributed by atoms with Gasteiger partial charge in [-0.15, -0.1) is 24.0 Å². The summed E-state index contributed by atoms with van der Waals surface area (Å²) in [6.07, 6.45) is 4.99. The molecule has 1 aromatic rings. The number of carbonyl (C=O) groups excluding carboxylic acids is 1. The van der Waals surface area contributed by atoms with Gasteiger partial charge in [0.2, 0.25) is 5.91 Å². The number of amides is 1. The van der Waals surface area contributed by atoms with Crippen molar-refractivity contribution in [2.45, 2.75) is 32.1 Å². The van der Waals surface area contributed by atoms with Crippen LogP contribution in [0.2, 0.25) is 0 Å². The van der Waals surface area contributed by atoms with Gasteiger partial charge in [0.15, 0.2) is 5.96 Å². The van der Waals surface area contributed by atoms with Crippen LogP contribution in [0.3, 0.4) is 0 Å². The number of benzene rings is 1. The SMILES string of the molecule is CN=C(NCCc1cccc(OC)c1)NCC1(C(=O)N(C)C)CCCC1.I. The second kappa shape index (κ2) is 11.4. The number of hydrogen-bond acceptors (Lipinski definition) is 3. The lowest BCUT2D eigenvalue weighted by atomic mass is 9.84. The number of aliphatic imine (C=N–C) groups is 1. The summed E-state index contributed by atoms with van der Waals surface area (Å²) in [5.74, 6) is 1.83. The maximum atomic E-state index is 12.6. The van der Waals surface area contributed by atoms with Gasteiger partial charge < -0.3 is 20.3 Å². The largest absolute Gasteiger partial charge is 0.497 e. The highest BCUT2D eigenvalue weighted by Gasteiger charge is 2.42. The first-order chi connectivity index (χ1) is 12.5. The molecule has 0 aromatic heterocycles. The average Bonchev–Trinajstić information content (AvgIpc) is 3.14. The number of hydrogen-bond donors (Lipinski definition) is 2. The number of methoxy groups -OCH3 is 1. The number of rotatable bonds is 7. The number of carbonyl (C=O) groups is 1. The van der Waals surface area contributed by atoms with Crippen molar-refractivity contribution in [2.24, 2.45) is 10.4 Å². The van der Waals surface area contributed by atoms with E-state index >= 15 is 0 Å². The molecule has 1 aromatic carbocycles. The maximum absolute atomic E-state index is 12.6. The highest BCUT2D eigenvalue weighted by Crippen LogP contribution is 2.38. The summed E-state index contributed by atoms with van der Waals surface area (Å²) in [5, 5.41) is 6.70. The molecule has 2 rings (SSSR count). The van der Waals surface area contributed by atoms with Crippen LogP contribution in [0, 0.1) is 5.41 Å². The Hall–Kier alpha value is -1.51. The Morgan fingerprint density at radius 2 is 1.96 bits per heavy atom. The summed E-state index contributed by atoms with van der Waals surface area (Å²) in [4.78, 5) is 18.6. The zero-order valence-corrected chi connectivity index (χ0v) is 19.2. The van der Waals surface area contributed by atoms with E-state index in [0.717, 1.165) is 50.4 Å². The van der Waals surface area contributed by atoms with Gasteiger partial charge in [-0.1, -0.05) is 25.0 Å². The molecular weight excluding hydrogens is 455 g/mol. The summed E-state index contributed by atoms with van der Waals surface area (Å²) in [6, 6.07) is 8.07. The third-order valence-corrected chi connectivity index (χ3v) is 5.08. The van der Waals surface area contributed by atoms with Crippen LogP contribution >= 0.6 is 24.0 Å². The highest BCUT2D eigenvalue weighted by molar-refractivity contribution is 14.0. The van der Waals surface area contributed by atoms with Crippen LogP contribution < -0.4 is 15.4 Å². The number of nitrogens with zero attached hydrogens (tertiary/aromatic N) is 2. The van der Waals surface area contributed by atoms with E-state index < -0.39 is 0 Å². The molecule has 6 nitrogen and oxygen atoms in total. The van der Waals surface area contributed by atoms with Gasteiger partial charge in [-0.3, -0.25) is 9.79 Å². The van der Waals surface area contributed by atoms with Crippen LogP contribution in [0.15, 0.2) is 29.3 Å². The zero-order valence-electron chi connectivity index (χ0n) is 16.9. The van der Waals surface area contributed by atoms with Crippen molar-refractivity contribution in [3.05, 3.63) is 29.8 Å². The van der Waals surface area contributed by atoms with Gasteiger partial charge in [-0.2, -0.15) is 0 Å². The summed E-state index contributed by atoms with van der Waals surface area (Å²) < 4.78 is 5.26. The molecule has 1 aliphatic rings. The van der Waals surface area contributed by atoms with E-state index in [1.807, 2.05) is 32.3 Å². The quantitative estimate of drug-likeness (QED) is 0.352. The van der Waals surface area contributed by atoms with Gasteiger partial charge in [-0.05, 0) is 37.0 Å². The fraction of sp³-hybridized carbons (Fsp3) is 0.600. The van der Waals surface area contributed by atoms with Crippen LogP contribution in [0.1, 0.15) is 31.2 Å². The molecule has 0 atom stereocenters. The molecule has 7 heteroatoms. The van der Waals surface area contributed by atoms with E-state index in [9.17, 15) is 4.79 Å². The van der Waals surface area contributed by atoms with Gasteiger partial charge >= 0.3 is 0 Å². The van der Waals surface area contributed by atoms with Crippen LogP contribution in [0.5, 0.6) is 5.75 Å². The number of halogens is 1. The third kappa shape index (κ3) is 6.55. The highest BCUT2D eigenvalue weighted by atomic mass is 127. The van der Waals surface area contributed by atoms with Crippen molar-refractivity contribution in [1.29, 1.82) is 0 Å². The zero-order chi connectivity index (χ0) is 19.0. The fourth-order valence-corrected chi connectivity index (χ4v) is 3.62. The average molecular weight is 488 g/mol. The molecule has 1 saturated carbocycles. The second-order valence-corrected chi connectivity index (χ2v) is 7.14. The molecule has 1 fully saturated rings. The van der Waals surface area contributed by atoms with Crippen molar-refractivity contribution < 1.29 is 9.53 Å². The Bertz CT molecular complexity index is 628. The Labute approximate surface area is 180 Å². The molecule has 0 spiro atoms. The topological polar surface area (TPSA) is 66.0 Å². The Morgan fingerprint density at radius 3 is 2.56 bits per heavy atom. The Morgan fingerprint density at radius 1 is 1.26 bits per heavy atom. The van der Waals surface area contributed by atoms with Gasteiger partial charge in [0.1, 0.15) is 5.75 Å². The van der Waals surface area contributed by atoms with Crippen molar-refractivity contribution in [3.8, 4) is 5.75 Å². The first-order valence-electron chi connectivity index (χ1n) is 9.30. The molecule has 27 heavy (non-hydrogen) atoms. The van der Waals surface area contributed by atoms with E-state index in [2.05, 4.69) is 21.7 Å². The van der Waals surface area contributed by atoms with Gasteiger partial charge in [0, 0.05) is 34.2 Å². The predicted molar refractivity (Wildman–Crippen MR) is 121 cm³/mol. The summed E-state index contributed by atoms with van der Waals surface area (Å²) >= 11 is 0. The minimum absolute atomic E-state index is 0. The second-order valence-electron chi connectivity index (χ2n) is 7.14. The molecule has 1 aliphatic carbocycles. The van der Waals surface area contributed by atoms with Gasteiger partial charge in [-0.25, -0.2) is 0 Å². The monoisotopic (exact) mass is 488 g/mol. The standard InChI is InChI=1S/C20H32N4O2.HI/c1-21-19(22-13-10-16-8-7-9-17(14-16)26-4)23-15-20(11-5-6-12-20)18(25)24(2)3;/h7-9,14H,5-6,10-13,15H2,1-4H3,(H2,21,22,23);1H. The van der Waals surface area contributed by atoms with Crippen molar-refractivity contribution in [1.82, 2.24) is 15.5 Å². The molecule has 0 aliphatic heterocycles. The first-order valence-corrected chi connectivity index (χ1v) is 9.30. The molecule has 1 amide bonds. The predicted octanol–water partition coefficient (Wildman–Crippen LogP) is 2.67. The molecule has 0 bridgehead atoms. The van der Waals surface area contributed by atoms with Crippen molar-refractivity contribution in [2.75, 3.05) is 41.3 Å². The fourth-order valence-electron chi connectivity index (χ4n) is 3.62. The lowest BCUT2D eigenvalue weighted by molar-refractivity contribution is -0.138. The van der Waals surface area contributed by atoms with E-state index in [4.69, 9.17) is 4.74 Å². The Kier molecular flexibility index (Phi) is 9.90. The first kappa shape index (κ1) is 23.5. The van der Waals surface area contributed by atoms with E-state index in [1.165, 1.54) is 5.56 Å². The molecule has 152 valence electrons. The molecule has 0 heterocycles. The number of ether oxygens (including phenoxy) is 1. The van der Waals surface area contributed by atoms with Gasteiger partial charge in [0.05, 0.1) is 12.5 Å². The summed E-state index contributed by atoms with van der Waals surface area (Å²) in [6.45, 7) is 1.39. The van der Waals surface area contributed by atoms with Crippen LogP contribution in [-0.4, -0.2) is 58.1 Å². The lowest BCUT2D eigenvalue weighted by Gasteiger charge is -2.31. The van der Waals surface area contributed by atoms with Crippen LogP contribution in [0.4, 0.5) is 0 Å². The molecule has 0 saturated heterocycles. The molecule has 0 radical (unpaired) electrons. The third-order valence-electron chi connectivity index (χ3n) is 5.08. The van der Waals surface area contributed by atoms with Crippen LogP contribution in [0.25, 0.3) is 0 Å². The molecular formula is C20H33IN4O2. The van der Waals surface area contributed by atoms with E-state index in [1.54, 1.807) is 19.1 Å². The van der Waals surface area contributed by atoms with Crippen molar-refractivity contribution >= 4 is 35.8 Å². The minimum atomic E-state index is -0.298. The van der Waals surface area contributed by atoms with Crippen molar-refractivity contribution in [3.63, 3.8) is 0 Å². The smallest absolute Gasteiger partial charge is 0.230 e. The van der Waals surface area contributed by atoms with E-state index in [-0.39, 0.29) is 35.3 Å². The summed E-state index contributed by atoms with van der Waals surface area (Å²) in [5.41, 5.74) is 0.913. The lowest BCUT2D eigenvalue weighted by Crippen LogP contribution is -2.49. The van der Waals surface area contributed by atoms with E-state index in [0.29, 0.717) is 6.54 Å². The minimum Gasteiger partial charge on any atom is -0.497 e. The number of guanidine groups is 1. The normalized spacial score (nSPS) is 15.6. The summed E-state index contributed by atoms with van der Waals surface area (Å²) in [7, 11) is 7.11.